The summed E-state index contributed by atoms with van der Waals surface area (Å²) < 4.78 is 22.7. The average Bonchev–Trinajstić information content (AvgIpc) is 2.82. The second kappa shape index (κ2) is 26.1. The van der Waals surface area contributed by atoms with Crippen LogP contribution in [0.2, 0.25) is 0 Å². The van der Waals surface area contributed by atoms with Crippen molar-refractivity contribution in [1.82, 2.24) is 5.48 Å². The van der Waals surface area contributed by atoms with E-state index in [1.807, 2.05) is 0 Å². The van der Waals surface area contributed by atoms with Crippen molar-refractivity contribution in [1.29, 1.82) is 0 Å². The lowest BCUT2D eigenvalue weighted by Crippen LogP contribution is -2.17. The van der Waals surface area contributed by atoms with Gasteiger partial charge in [0.2, 0.25) is 0 Å². The maximum atomic E-state index is 12.3. The maximum absolute atomic E-state index is 12.3. The molecule has 0 bridgehead atoms. The van der Waals surface area contributed by atoms with Crippen LogP contribution in [-0.2, 0) is 13.7 Å². The lowest BCUT2D eigenvalue weighted by Gasteiger charge is -2.19. The smallest absolute Gasteiger partial charge is 0.301 e. The Morgan fingerprint density at radius 2 is 1.00 bits per heavy atom. The first-order valence-electron chi connectivity index (χ1n) is 14.9. The van der Waals surface area contributed by atoms with Gasteiger partial charge in [-0.15, -0.1) is 0 Å². The van der Waals surface area contributed by atoms with Gasteiger partial charge in [-0.2, -0.15) is 10.1 Å². The predicted octanol–water partition coefficient (Wildman–Crippen LogP) is 9.88. The van der Waals surface area contributed by atoms with Gasteiger partial charge in [0.05, 0.1) is 6.61 Å². The highest BCUT2D eigenvalue weighted by Gasteiger charge is 2.23. The first-order valence-corrected chi connectivity index (χ1v) is 16.4. The van der Waals surface area contributed by atoms with Crippen LogP contribution in [-0.4, -0.2) is 18.0 Å². The van der Waals surface area contributed by atoms with E-state index in [0.717, 1.165) is 25.7 Å². The highest BCUT2D eigenvalue weighted by Crippen LogP contribution is 2.43. The second-order valence-electron chi connectivity index (χ2n) is 10.2. The number of hydrogen-bond donors (Lipinski definition) is 2. The molecule has 5 nitrogen and oxygen atoms in total. The van der Waals surface area contributed by atoms with E-state index >= 15 is 0 Å². The fourth-order valence-corrected chi connectivity index (χ4v) is 5.13. The standard InChI is InChI=1S/C28H60NO4P/c1-4-7-10-13-16-17-19-22-25-28(24-21-18-14-11-8-5-2)27-32-34(30,31)33-29-26-23-20-15-12-9-6-3/h28-29H,4-27H2,1-3H3,(H,30,31). The topological polar surface area (TPSA) is 67.8 Å². The molecular formula is C28H60NO4P. The van der Waals surface area contributed by atoms with Gasteiger partial charge >= 0.3 is 7.82 Å². The first-order chi connectivity index (χ1) is 16.6. The summed E-state index contributed by atoms with van der Waals surface area (Å²) in [5, 5.41) is 0. The van der Waals surface area contributed by atoms with Gasteiger partial charge in [-0.3, -0.25) is 4.52 Å². The van der Waals surface area contributed by atoms with Crippen molar-refractivity contribution in [3.8, 4) is 0 Å². The van der Waals surface area contributed by atoms with Crippen LogP contribution >= 0.6 is 7.82 Å². The monoisotopic (exact) mass is 505 g/mol. The fourth-order valence-electron chi connectivity index (χ4n) is 4.42. The molecule has 0 saturated heterocycles. The number of hydrogen-bond acceptors (Lipinski definition) is 4. The minimum absolute atomic E-state index is 0.317. The van der Waals surface area contributed by atoms with Gasteiger partial charge < -0.3 is 4.89 Å². The largest absolute Gasteiger partial charge is 0.488 e. The number of nitrogens with one attached hydrogen (secondary N) is 1. The summed E-state index contributed by atoms with van der Waals surface area (Å²) in [7, 11) is -4.04. The zero-order chi connectivity index (χ0) is 25.2. The summed E-state index contributed by atoms with van der Waals surface area (Å²) >= 11 is 0. The third-order valence-electron chi connectivity index (χ3n) is 6.72. The van der Waals surface area contributed by atoms with Crippen molar-refractivity contribution in [2.75, 3.05) is 13.2 Å². The summed E-state index contributed by atoms with van der Waals surface area (Å²) in [6.45, 7) is 7.61. The molecule has 0 spiro atoms. The van der Waals surface area contributed by atoms with Gasteiger partial charge in [0, 0.05) is 6.54 Å². The van der Waals surface area contributed by atoms with Gasteiger partial charge in [0.15, 0.2) is 0 Å². The van der Waals surface area contributed by atoms with Crippen LogP contribution in [0, 0.1) is 5.92 Å². The molecule has 0 heterocycles. The zero-order valence-electron chi connectivity index (χ0n) is 23.2. The third-order valence-corrected chi connectivity index (χ3v) is 7.55. The Labute approximate surface area is 213 Å². The fraction of sp³-hybridized carbons (Fsp3) is 1.00. The Kier molecular flexibility index (Phi) is 26.2. The molecule has 0 saturated carbocycles. The molecule has 0 aliphatic carbocycles. The number of hydroxylamine groups is 1. The lowest BCUT2D eigenvalue weighted by atomic mass is 9.95. The zero-order valence-corrected chi connectivity index (χ0v) is 24.1. The van der Waals surface area contributed by atoms with E-state index in [2.05, 4.69) is 26.3 Å². The molecule has 6 heteroatoms. The van der Waals surface area contributed by atoms with Crippen LogP contribution in [0.3, 0.4) is 0 Å². The summed E-state index contributed by atoms with van der Waals surface area (Å²) in [5.74, 6) is 0.342. The van der Waals surface area contributed by atoms with Gasteiger partial charge in [0.1, 0.15) is 0 Å². The normalized spacial score (nSPS) is 14.4. The van der Waals surface area contributed by atoms with Crippen molar-refractivity contribution in [3.05, 3.63) is 0 Å². The van der Waals surface area contributed by atoms with Crippen LogP contribution in [0.4, 0.5) is 0 Å². The molecule has 0 fully saturated rings. The Bertz CT molecular complexity index is 450. The van der Waals surface area contributed by atoms with E-state index in [0.29, 0.717) is 19.1 Å². The first kappa shape index (κ1) is 34.1. The molecule has 34 heavy (non-hydrogen) atoms. The molecule has 0 aromatic carbocycles. The summed E-state index contributed by atoms with van der Waals surface area (Å²) in [4.78, 5) is 10.1. The highest BCUT2D eigenvalue weighted by atomic mass is 31.2. The van der Waals surface area contributed by atoms with Crippen LogP contribution in [0.25, 0.3) is 0 Å². The average molecular weight is 506 g/mol. The summed E-state index contributed by atoms with van der Waals surface area (Å²) in [5.41, 5.74) is 2.65. The molecule has 0 aromatic heterocycles. The highest BCUT2D eigenvalue weighted by molar-refractivity contribution is 7.47. The maximum Gasteiger partial charge on any atom is 0.488 e. The van der Waals surface area contributed by atoms with Crippen LogP contribution in [0.15, 0.2) is 0 Å². The molecule has 0 aliphatic rings. The number of phosphoric acid groups is 1. The SMILES string of the molecule is CCCCCCCCCCC(CCCCCCCC)COP(=O)(O)ONCCCCCCCC. The Morgan fingerprint density at radius 3 is 1.44 bits per heavy atom. The second-order valence-corrected chi connectivity index (χ2v) is 11.6. The molecule has 2 atom stereocenters. The van der Waals surface area contributed by atoms with E-state index in [1.54, 1.807) is 0 Å². The van der Waals surface area contributed by atoms with Crippen LogP contribution in [0.5, 0.6) is 0 Å². The van der Waals surface area contributed by atoms with E-state index in [4.69, 9.17) is 9.15 Å². The van der Waals surface area contributed by atoms with Crippen LogP contribution in [0.1, 0.15) is 162 Å². The van der Waals surface area contributed by atoms with Gasteiger partial charge in [0.25, 0.3) is 0 Å². The van der Waals surface area contributed by atoms with Crippen molar-refractivity contribution >= 4 is 7.82 Å². The molecule has 0 amide bonds. The third kappa shape index (κ3) is 25.2. The molecular weight excluding hydrogens is 445 g/mol. The number of phosphoric ester groups is 1. The van der Waals surface area contributed by atoms with Crippen molar-refractivity contribution in [2.24, 2.45) is 5.92 Å². The van der Waals surface area contributed by atoms with Crippen LogP contribution < -0.4 is 5.48 Å². The quantitative estimate of drug-likeness (QED) is 0.0629. The minimum atomic E-state index is -4.04. The molecule has 2 N–H and O–H groups in total. The summed E-state index contributed by atoms with van der Waals surface area (Å²) in [6.07, 6.45) is 27.3. The van der Waals surface area contributed by atoms with Gasteiger partial charge in [-0.25, -0.2) is 4.57 Å². The van der Waals surface area contributed by atoms with Gasteiger partial charge in [-0.05, 0) is 25.2 Å². The molecule has 0 aromatic rings. The van der Waals surface area contributed by atoms with E-state index in [9.17, 15) is 9.46 Å². The Balaban J connectivity index is 4.13. The molecule has 206 valence electrons. The Morgan fingerprint density at radius 1 is 0.618 bits per heavy atom. The van der Waals surface area contributed by atoms with Crippen molar-refractivity contribution in [2.45, 2.75) is 162 Å². The lowest BCUT2D eigenvalue weighted by molar-refractivity contribution is 0.0826. The number of unbranched alkanes of at least 4 members (excludes halogenated alkanes) is 17. The van der Waals surface area contributed by atoms with E-state index < -0.39 is 7.82 Å². The molecule has 0 aliphatic heterocycles. The Hall–Kier alpha value is 0.0700. The number of rotatable bonds is 28. The molecule has 2 unspecified atom stereocenters. The van der Waals surface area contributed by atoms with E-state index in [-0.39, 0.29) is 0 Å². The molecule has 0 radical (unpaired) electrons. The van der Waals surface area contributed by atoms with Crippen molar-refractivity contribution < 1.29 is 18.6 Å². The minimum Gasteiger partial charge on any atom is -0.301 e. The van der Waals surface area contributed by atoms with E-state index in [1.165, 1.54) is 116 Å². The summed E-state index contributed by atoms with van der Waals surface area (Å²) in [6, 6.07) is 0. The van der Waals surface area contributed by atoms with Gasteiger partial charge in [-0.1, -0.05) is 143 Å². The molecule has 0 rings (SSSR count). The predicted molar refractivity (Wildman–Crippen MR) is 147 cm³/mol. The van der Waals surface area contributed by atoms with Crippen molar-refractivity contribution in [3.63, 3.8) is 0 Å².